The highest BCUT2D eigenvalue weighted by atomic mass is 79.9. The minimum absolute atomic E-state index is 0.194. The lowest BCUT2D eigenvalue weighted by Gasteiger charge is -2.09. The molecule has 0 aliphatic heterocycles. The number of hydrogen-bond donors (Lipinski definition) is 1. The minimum Gasteiger partial charge on any atom is -0.352 e. The van der Waals surface area contributed by atoms with Crippen molar-refractivity contribution >= 4 is 33.4 Å². The maximum atomic E-state index is 12.9. The van der Waals surface area contributed by atoms with Gasteiger partial charge in [-0.15, -0.1) is 11.6 Å². The van der Waals surface area contributed by atoms with E-state index < -0.39 is 0 Å². The fraction of sp³-hybridized carbons (Fsp3) is 0.462. The number of nitrogens with one attached hydrogen (secondary N) is 1. The van der Waals surface area contributed by atoms with E-state index in [4.69, 9.17) is 11.6 Å². The maximum Gasteiger partial charge on any atom is 0.252 e. The van der Waals surface area contributed by atoms with Crippen LogP contribution in [0.1, 0.15) is 30.1 Å². The Balaban J connectivity index is 2.41. The Labute approximate surface area is 120 Å². The summed E-state index contributed by atoms with van der Waals surface area (Å²) in [7, 11) is 0. The molecule has 5 heteroatoms. The zero-order valence-electron chi connectivity index (χ0n) is 10.2. The van der Waals surface area contributed by atoms with Gasteiger partial charge in [-0.1, -0.05) is 6.92 Å². The molecule has 2 nitrogen and oxygen atoms in total. The number of rotatable bonds is 6. The minimum atomic E-state index is -0.366. The Bertz CT molecular complexity index is 414. The summed E-state index contributed by atoms with van der Waals surface area (Å²) < 4.78 is 13.3. The van der Waals surface area contributed by atoms with E-state index in [2.05, 4.69) is 28.2 Å². The molecular weight excluding hydrogens is 321 g/mol. The summed E-state index contributed by atoms with van der Waals surface area (Å²) >= 11 is 8.87. The van der Waals surface area contributed by atoms with E-state index in [0.29, 0.717) is 28.4 Å². The summed E-state index contributed by atoms with van der Waals surface area (Å²) in [6, 6.07) is 4.02. The topological polar surface area (TPSA) is 29.1 Å². The molecule has 1 rings (SSSR count). The Hall–Kier alpha value is -0.610. The molecule has 1 amide bonds. The highest BCUT2D eigenvalue weighted by Crippen LogP contribution is 2.17. The highest BCUT2D eigenvalue weighted by molar-refractivity contribution is 9.10. The van der Waals surface area contributed by atoms with Crippen molar-refractivity contribution in [3.63, 3.8) is 0 Å². The van der Waals surface area contributed by atoms with Gasteiger partial charge in [0.2, 0.25) is 0 Å². The first-order chi connectivity index (χ1) is 8.54. The van der Waals surface area contributed by atoms with Crippen LogP contribution < -0.4 is 5.32 Å². The van der Waals surface area contributed by atoms with Gasteiger partial charge in [-0.25, -0.2) is 4.39 Å². The summed E-state index contributed by atoms with van der Waals surface area (Å²) in [5.74, 6) is 0.535. The van der Waals surface area contributed by atoms with Gasteiger partial charge in [0, 0.05) is 16.9 Å². The predicted molar refractivity (Wildman–Crippen MR) is 75.6 cm³/mol. The van der Waals surface area contributed by atoms with E-state index in [-0.39, 0.29) is 11.7 Å². The van der Waals surface area contributed by atoms with Gasteiger partial charge in [-0.2, -0.15) is 0 Å². The molecule has 0 saturated heterocycles. The smallest absolute Gasteiger partial charge is 0.252 e. The van der Waals surface area contributed by atoms with Crippen LogP contribution in [0, 0.1) is 11.7 Å². The van der Waals surface area contributed by atoms with Crippen molar-refractivity contribution in [2.75, 3.05) is 12.4 Å². The summed E-state index contributed by atoms with van der Waals surface area (Å²) in [5, 5.41) is 2.80. The number of alkyl halides is 1. The molecule has 1 aromatic rings. The van der Waals surface area contributed by atoms with E-state index >= 15 is 0 Å². The van der Waals surface area contributed by atoms with Crippen molar-refractivity contribution in [3.8, 4) is 0 Å². The Morgan fingerprint density at radius 2 is 2.28 bits per heavy atom. The zero-order chi connectivity index (χ0) is 13.5. The number of hydrogen-bond acceptors (Lipinski definition) is 1. The molecule has 0 heterocycles. The van der Waals surface area contributed by atoms with E-state index in [0.717, 1.165) is 12.8 Å². The average Bonchev–Trinajstić information content (AvgIpc) is 2.34. The van der Waals surface area contributed by atoms with Crippen molar-refractivity contribution < 1.29 is 9.18 Å². The van der Waals surface area contributed by atoms with Gasteiger partial charge < -0.3 is 5.32 Å². The molecule has 1 unspecified atom stereocenters. The average molecular weight is 337 g/mol. The van der Waals surface area contributed by atoms with Crippen LogP contribution in [0.4, 0.5) is 4.39 Å². The van der Waals surface area contributed by atoms with Gasteiger partial charge in [0.1, 0.15) is 5.82 Å². The van der Waals surface area contributed by atoms with Crippen molar-refractivity contribution in [2.45, 2.75) is 19.8 Å². The first-order valence-electron chi connectivity index (χ1n) is 5.83. The predicted octanol–water partition coefficient (Wildman–Crippen LogP) is 3.97. The first kappa shape index (κ1) is 15.4. The molecule has 0 bridgehead atoms. The number of halogens is 3. The van der Waals surface area contributed by atoms with Gasteiger partial charge in [0.05, 0.1) is 5.56 Å². The van der Waals surface area contributed by atoms with Crippen molar-refractivity contribution in [2.24, 2.45) is 5.92 Å². The lowest BCUT2D eigenvalue weighted by Crippen LogP contribution is -2.25. The second-order valence-corrected chi connectivity index (χ2v) is 5.44. The van der Waals surface area contributed by atoms with Crippen LogP contribution in [0.3, 0.4) is 0 Å². The lowest BCUT2D eigenvalue weighted by atomic mass is 10.1. The third-order valence-corrected chi connectivity index (χ3v) is 3.78. The molecular formula is C13H16BrClFNO. The summed E-state index contributed by atoms with van der Waals surface area (Å²) in [6.45, 7) is 2.68. The quantitative estimate of drug-likeness (QED) is 0.618. The van der Waals surface area contributed by atoms with Gasteiger partial charge in [-0.05, 0) is 52.9 Å². The summed E-state index contributed by atoms with van der Waals surface area (Å²) in [5.41, 5.74) is 0.446. The molecule has 0 fully saturated rings. The van der Waals surface area contributed by atoms with E-state index in [9.17, 15) is 9.18 Å². The third-order valence-electron chi connectivity index (χ3n) is 2.60. The van der Waals surface area contributed by atoms with E-state index in [1.807, 2.05) is 0 Å². The number of carbonyl (C=O) groups excluding carboxylic acids is 1. The largest absolute Gasteiger partial charge is 0.352 e. The molecule has 1 atom stereocenters. The molecule has 0 aliphatic carbocycles. The molecule has 0 aliphatic rings. The third kappa shape index (κ3) is 4.94. The second kappa shape index (κ2) is 7.74. The van der Waals surface area contributed by atoms with Crippen LogP contribution in [-0.2, 0) is 0 Å². The summed E-state index contributed by atoms with van der Waals surface area (Å²) in [6.07, 6.45) is 1.87. The van der Waals surface area contributed by atoms with Crippen LogP contribution in [0.2, 0.25) is 0 Å². The van der Waals surface area contributed by atoms with Crippen molar-refractivity contribution in [3.05, 3.63) is 34.1 Å². The van der Waals surface area contributed by atoms with Gasteiger partial charge in [-0.3, -0.25) is 4.79 Å². The normalized spacial score (nSPS) is 12.2. The van der Waals surface area contributed by atoms with Gasteiger partial charge in [0.25, 0.3) is 5.91 Å². The van der Waals surface area contributed by atoms with Gasteiger partial charge in [0.15, 0.2) is 0 Å². The molecule has 0 aromatic heterocycles. The van der Waals surface area contributed by atoms with Crippen LogP contribution in [0.25, 0.3) is 0 Å². The molecule has 100 valence electrons. The first-order valence-corrected chi connectivity index (χ1v) is 7.16. The number of carbonyl (C=O) groups is 1. The fourth-order valence-electron chi connectivity index (χ4n) is 1.50. The monoisotopic (exact) mass is 335 g/mol. The van der Waals surface area contributed by atoms with Crippen molar-refractivity contribution in [1.82, 2.24) is 5.32 Å². The molecule has 1 aromatic carbocycles. The standard InChI is InChI=1S/C13H16BrClFNO/c1-9(8-15)3-2-6-17-13(18)11-5-4-10(16)7-12(11)14/h4-5,7,9H,2-3,6,8H2,1H3,(H,17,18). The van der Waals surface area contributed by atoms with E-state index in [1.54, 1.807) is 0 Å². The molecule has 0 spiro atoms. The van der Waals surface area contributed by atoms with E-state index in [1.165, 1.54) is 18.2 Å². The molecule has 18 heavy (non-hydrogen) atoms. The SMILES string of the molecule is CC(CCl)CCCNC(=O)c1ccc(F)cc1Br. The van der Waals surface area contributed by atoms with Crippen molar-refractivity contribution in [1.29, 1.82) is 0 Å². The van der Waals surface area contributed by atoms with Crippen LogP contribution >= 0.6 is 27.5 Å². The highest BCUT2D eigenvalue weighted by Gasteiger charge is 2.10. The number of amides is 1. The molecule has 1 N–H and O–H groups in total. The van der Waals surface area contributed by atoms with Gasteiger partial charge >= 0.3 is 0 Å². The summed E-state index contributed by atoms with van der Waals surface area (Å²) in [4.78, 5) is 11.8. The van der Waals surface area contributed by atoms with Crippen LogP contribution in [-0.4, -0.2) is 18.3 Å². The maximum absolute atomic E-state index is 12.9. The Morgan fingerprint density at radius 1 is 1.56 bits per heavy atom. The second-order valence-electron chi connectivity index (χ2n) is 4.28. The zero-order valence-corrected chi connectivity index (χ0v) is 12.5. The lowest BCUT2D eigenvalue weighted by molar-refractivity contribution is 0.0952. The number of benzene rings is 1. The Kier molecular flexibility index (Phi) is 6.65. The molecule has 0 radical (unpaired) electrons. The molecule has 0 saturated carbocycles. The fourth-order valence-corrected chi connectivity index (χ4v) is 2.18. The Morgan fingerprint density at radius 3 is 2.89 bits per heavy atom. The van der Waals surface area contributed by atoms with Crippen LogP contribution in [0.5, 0.6) is 0 Å². The van der Waals surface area contributed by atoms with Crippen LogP contribution in [0.15, 0.2) is 22.7 Å².